The van der Waals surface area contributed by atoms with Crippen molar-refractivity contribution in [3.05, 3.63) is 0 Å². The fraction of sp³-hybridized carbons (Fsp3) is 0.727. The van der Waals surface area contributed by atoms with Crippen LogP contribution in [0.4, 0.5) is 0 Å². The molecule has 0 heterocycles. The summed E-state index contributed by atoms with van der Waals surface area (Å²) in [4.78, 5) is 30.3. The van der Waals surface area contributed by atoms with E-state index in [1.165, 1.54) is 6.92 Å². The third-order valence-corrected chi connectivity index (χ3v) is 1.29. The molecule has 0 fully saturated rings. The van der Waals surface area contributed by atoms with Gasteiger partial charge in [0.25, 0.3) is 0 Å². The van der Waals surface area contributed by atoms with Gasteiger partial charge >= 0.3 is 17.9 Å². The first-order valence-corrected chi connectivity index (χ1v) is 5.22. The number of carboxylic acid groups (broad SMARTS) is 1. The Morgan fingerprint density at radius 2 is 1.75 bits per heavy atom. The molecule has 0 radical (unpaired) electrons. The van der Waals surface area contributed by atoms with Crippen LogP contribution in [0.2, 0.25) is 0 Å². The molecular weight excluding hydrogens is 212 g/mol. The first kappa shape index (κ1) is 17.0. The van der Waals surface area contributed by atoms with Crippen LogP contribution in [0.25, 0.3) is 0 Å². The maximum atomic E-state index is 10.4. The van der Waals surface area contributed by atoms with Crippen LogP contribution in [0.1, 0.15) is 47.0 Å². The molecule has 0 atom stereocenters. The number of esters is 2. The van der Waals surface area contributed by atoms with E-state index in [1.807, 2.05) is 20.8 Å². The first-order chi connectivity index (χ1) is 7.29. The molecule has 0 aromatic rings. The third kappa shape index (κ3) is 18.4. The van der Waals surface area contributed by atoms with Crippen molar-refractivity contribution in [1.29, 1.82) is 0 Å². The predicted molar refractivity (Wildman–Crippen MR) is 58.8 cm³/mol. The zero-order valence-corrected chi connectivity index (χ0v) is 10.3. The second-order valence-electron chi connectivity index (χ2n) is 3.71. The highest BCUT2D eigenvalue weighted by Crippen LogP contribution is 1.96. The van der Waals surface area contributed by atoms with E-state index in [0.717, 1.165) is 0 Å². The van der Waals surface area contributed by atoms with Gasteiger partial charge in [0.15, 0.2) is 0 Å². The summed E-state index contributed by atoms with van der Waals surface area (Å²) >= 11 is 0. The van der Waals surface area contributed by atoms with Crippen molar-refractivity contribution in [1.82, 2.24) is 0 Å². The summed E-state index contributed by atoms with van der Waals surface area (Å²) in [5.41, 5.74) is 0. The van der Waals surface area contributed by atoms with Gasteiger partial charge in [-0.05, 0) is 12.3 Å². The van der Waals surface area contributed by atoms with Crippen LogP contribution >= 0.6 is 0 Å². The molecule has 0 amide bonds. The average molecular weight is 232 g/mol. The Morgan fingerprint density at radius 3 is 1.94 bits per heavy atom. The van der Waals surface area contributed by atoms with Crippen molar-refractivity contribution in [2.24, 2.45) is 5.92 Å². The van der Waals surface area contributed by atoms with E-state index >= 15 is 0 Å². The Morgan fingerprint density at radius 1 is 1.25 bits per heavy atom. The van der Waals surface area contributed by atoms with E-state index in [2.05, 4.69) is 4.74 Å². The highest BCUT2D eigenvalue weighted by atomic mass is 16.6. The number of hydrogen-bond acceptors (Lipinski definition) is 4. The van der Waals surface area contributed by atoms with E-state index in [-0.39, 0.29) is 12.3 Å². The van der Waals surface area contributed by atoms with Crippen LogP contribution in [-0.2, 0) is 19.1 Å². The largest absolute Gasteiger partial charge is 0.481 e. The molecule has 5 heteroatoms. The lowest BCUT2D eigenvalue weighted by molar-refractivity contribution is -0.158. The van der Waals surface area contributed by atoms with Crippen molar-refractivity contribution in [2.45, 2.75) is 47.0 Å². The molecule has 0 saturated carbocycles. The Hall–Kier alpha value is -1.39. The van der Waals surface area contributed by atoms with E-state index in [4.69, 9.17) is 5.11 Å². The van der Waals surface area contributed by atoms with Gasteiger partial charge in [-0.15, -0.1) is 0 Å². The molecule has 0 saturated heterocycles. The quantitative estimate of drug-likeness (QED) is 0.592. The zero-order chi connectivity index (χ0) is 13.1. The van der Waals surface area contributed by atoms with Crippen LogP contribution < -0.4 is 0 Å². The molecule has 0 aromatic heterocycles. The SMILES string of the molecule is CC(C)CC(=O)O.CCCC(=O)OC(C)=O. The van der Waals surface area contributed by atoms with E-state index < -0.39 is 17.9 Å². The molecule has 0 rings (SSSR count). The smallest absolute Gasteiger partial charge is 0.313 e. The highest BCUT2D eigenvalue weighted by molar-refractivity contribution is 5.83. The summed E-state index contributed by atoms with van der Waals surface area (Å²) in [6.07, 6.45) is 1.31. The van der Waals surface area contributed by atoms with E-state index in [0.29, 0.717) is 12.8 Å². The molecule has 0 spiro atoms. The summed E-state index contributed by atoms with van der Waals surface area (Å²) in [7, 11) is 0. The highest BCUT2D eigenvalue weighted by Gasteiger charge is 2.02. The normalized spacial score (nSPS) is 9.06. The lowest BCUT2D eigenvalue weighted by Gasteiger charge is -1.94. The van der Waals surface area contributed by atoms with Gasteiger partial charge in [-0.25, -0.2) is 0 Å². The number of ether oxygens (including phenoxy) is 1. The minimum Gasteiger partial charge on any atom is -0.481 e. The van der Waals surface area contributed by atoms with Crippen LogP contribution in [-0.4, -0.2) is 23.0 Å². The van der Waals surface area contributed by atoms with Crippen molar-refractivity contribution in [2.75, 3.05) is 0 Å². The maximum Gasteiger partial charge on any atom is 0.313 e. The van der Waals surface area contributed by atoms with Gasteiger partial charge in [-0.1, -0.05) is 20.8 Å². The van der Waals surface area contributed by atoms with Gasteiger partial charge in [0, 0.05) is 19.8 Å². The Balaban J connectivity index is 0. The molecule has 0 bridgehead atoms. The topological polar surface area (TPSA) is 80.7 Å². The molecule has 0 aliphatic rings. The van der Waals surface area contributed by atoms with Crippen molar-refractivity contribution >= 4 is 17.9 Å². The van der Waals surface area contributed by atoms with Gasteiger partial charge in [0.05, 0.1) is 0 Å². The van der Waals surface area contributed by atoms with E-state index in [1.54, 1.807) is 0 Å². The third-order valence-electron chi connectivity index (χ3n) is 1.29. The fourth-order valence-corrected chi connectivity index (χ4v) is 0.765. The molecule has 0 aromatic carbocycles. The minimum absolute atomic E-state index is 0.275. The molecule has 0 aliphatic heterocycles. The van der Waals surface area contributed by atoms with Gasteiger partial charge in [-0.2, -0.15) is 0 Å². The molecule has 1 N–H and O–H groups in total. The molecule has 0 aliphatic carbocycles. The lowest BCUT2D eigenvalue weighted by atomic mass is 10.1. The molecule has 0 unspecified atom stereocenters. The summed E-state index contributed by atoms with van der Waals surface area (Å²) in [5.74, 6) is -1.41. The van der Waals surface area contributed by atoms with Crippen molar-refractivity contribution in [3.8, 4) is 0 Å². The number of carbonyl (C=O) groups excluding carboxylic acids is 2. The average Bonchev–Trinajstić information content (AvgIpc) is 2.00. The maximum absolute atomic E-state index is 10.4. The second-order valence-corrected chi connectivity index (χ2v) is 3.71. The Kier molecular flexibility index (Phi) is 10.8. The summed E-state index contributed by atoms with van der Waals surface area (Å²) in [5, 5.41) is 8.08. The van der Waals surface area contributed by atoms with Gasteiger partial charge < -0.3 is 9.84 Å². The monoisotopic (exact) mass is 232 g/mol. The standard InChI is InChI=1S/C6H10O3.C5H10O2/c1-3-4-6(8)9-5(2)7;1-4(2)3-5(6)7/h3-4H2,1-2H3;4H,3H2,1-2H3,(H,6,7). The first-order valence-electron chi connectivity index (χ1n) is 5.22. The van der Waals surface area contributed by atoms with Gasteiger partial charge in [0.1, 0.15) is 0 Å². The molecule has 94 valence electrons. The fourth-order valence-electron chi connectivity index (χ4n) is 0.765. The Bertz CT molecular complexity index is 233. The number of carbonyl (C=O) groups is 3. The Labute approximate surface area is 95.8 Å². The number of hydrogen-bond donors (Lipinski definition) is 1. The summed E-state index contributed by atoms with van der Waals surface area (Å²) in [6.45, 7) is 6.83. The number of aliphatic carboxylic acids is 1. The van der Waals surface area contributed by atoms with Crippen molar-refractivity contribution in [3.63, 3.8) is 0 Å². The second kappa shape index (κ2) is 10.1. The molecule has 16 heavy (non-hydrogen) atoms. The predicted octanol–water partition coefficient (Wildman–Crippen LogP) is 1.99. The van der Waals surface area contributed by atoms with E-state index in [9.17, 15) is 14.4 Å². The van der Waals surface area contributed by atoms with Gasteiger partial charge in [0.2, 0.25) is 0 Å². The minimum atomic E-state index is -0.713. The summed E-state index contributed by atoms with van der Waals surface area (Å²) < 4.78 is 4.21. The zero-order valence-electron chi connectivity index (χ0n) is 10.3. The number of carboxylic acids is 1. The van der Waals surface area contributed by atoms with Crippen LogP contribution in [0.5, 0.6) is 0 Å². The van der Waals surface area contributed by atoms with Crippen LogP contribution in [0.15, 0.2) is 0 Å². The summed E-state index contributed by atoms with van der Waals surface area (Å²) in [6, 6.07) is 0. The van der Waals surface area contributed by atoms with Crippen LogP contribution in [0, 0.1) is 5.92 Å². The lowest BCUT2D eigenvalue weighted by Crippen LogP contribution is -2.07. The van der Waals surface area contributed by atoms with Crippen LogP contribution in [0.3, 0.4) is 0 Å². The van der Waals surface area contributed by atoms with Crippen molar-refractivity contribution < 1.29 is 24.2 Å². The molecule has 5 nitrogen and oxygen atoms in total. The molecular formula is C11H20O5. The van der Waals surface area contributed by atoms with Gasteiger partial charge in [-0.3, -0.25) is 14.4 Å². The number of rotatable bonds is 4.